The Morgan fingerprint density at radius 1 is 1.62 bits per heavy atom. The molecule has 78 valence electrons. The number of esters is 1. The van der Waals surface area contributed by atoms with Crippen LogP contribution in [-0.2, 0) is 19.6 Å². The second-order valence-corrected chi connectivity index (χ2v) is 4.63. The van der Waals surface area contributed by atoms with E-state index in [9.17, 15) is 13.2 Å². The van der Waals surface area contributed by atoms with Crippen LogP contribution in [0.4, 0.5) is 0 Å². The zero-order valence-corrected chi connectivity index (χ0v) is 9.47. The minimum atomic E-state index is -4.35. The quantitative estimate of drug-likeness (QED) is 0.451. The molecule has 0 heterocycles. The van der Waals surface area contributed by atoms with Crippen LogP contribution in [0.25, 0.3) is 0 Å². The van der Waals surface area contributed by atoms with Crippen LogP contribution in [0.15, 0.2) is 0 Å². The number of carbonyl (C=O) groups is 1. The molecule has 0 bridgehead atoms. The summed E-state index contributed by atoms with van der Waals surface area (Å²) in [6.07, 6.45) is -0.00231. The first-order valence-electron chi connectivity index (χ1n) is 3.62. The van der Waals surface area contributed by atoms with Crippen molar-refractivity contribution in [1.29, 1.82) is 0 Å². The number of rotatable bonds is 5. The fourth-order valence-corrected chi connectivity index (χ4v) is 2.21. The number of hydrogen-bond acceptors (Lipinski definition) is 4. The molecule has 0 aliphatic rings. The highest BCUT2D eigenvalue weighted by Gasteiger charge is 2.31. The smallest absolute Gasteiger partial charge is 0.326 e. The lowest BCUT2D eigenvalue weighted by atomic mass is 10.3. The van der Waals surface area contributed by atoms with Crippen LogP contribution in [0, 0.1) is 0 Å². The Morgan fingerprint density at radius 2 is 2.15 bits per heavy atom. The van der Waals surface area contributed by atoms with Crippen molar-refractivity contribution in [2.45, 2.75) is 18.6 Å². The first-order valence-corrected chi connectivity index (χ1v) is 6.24. The Bertz CT molecular complexity index is 260. The van der Waals surface area contributed by atoms with Crippen LogP contribution in [0.1, 0.15) is 13.3 Å². The molecular formula is C6H11BrO5S. The predicted molar refractivity (Wildman–Crippen MR) is 50.4 cm³/mol. The van der Waals surface area contributed by atoms with Gasteiger partial charge in [-0.05, 0) is 13.3 Å². The maximum absolute atomic E-state index is 11.0. The van der Waals surface area contributed by atoms with Gasteiger partial charge < -0.3 is 4.74 Å². The van der Waals surface area contributed by atoms with E-state index >= 15 is 0 Å². The second-order valence-electron chi connectivity index (χ2n) is 2.23. The third-order valence-corrected chi connectivity index (χ3v) is 2.89. The number of carbonyl (C=O) groups excluding carboxylic acids is 1. The molecule has 5 nitrogen and oxygen atoms in total. The van der Waals surface area contributed by atoms with Crippen molar-refractivity contribution in [3.8, 4) is 0 Å². The number of ether oxygens (including phenoxy) is 1. The van der Waals surface area contributed by atoms with E-state index in [1.165, 1.54) is 0 Å². The summed E-state index contributed by atoms with van der Waals surface area (Å²) in [4.78, 5) is 11.0. The molecule has 0 spiro atoms. The zero-order valence-electron chi connectivity index (χ0n) is 7.07. The van der Waals surface area contributed by atoms with Crippen LogP contribution in [0.3, 0.4) is 0 Å². The van der Waals surface area contributed by atoms with Gasteiger partial charge in [0.2, 0.25) is 0 Å². The van der Waals surface area contributed by atoms with Crippen molar-refractivity contribution in [2.75, 3.05) is 11.9 Å². The summed E-state index contributed by atoms with van der Waals surface area (Å²) in [5.41, 5.74) is 0. The highest BCUT2D eigenvalue weighted by molar-refractivity contribution is 9.09. The largest absolute Gasteiger partial charge is 0.465 e. The average molecular weight is 275 g/mol. The fourth-order valence-electron chi connectivity index (χ4n) is 0.723. The van der Waals surface area contributed by atoms with Gasteiger partial charge in [0.25, 0.3) is 10.1 Å². The van der Waals surface area contributed by atoms with Crippen molar-refractivity contribution in [1.82, 2.24) is 0 Å². The van der Waals surface area contributed by atoms with Crippen molar-refractivity contribution in [3.63, 3.8) is 0 Å². The van der Waals surface area contributed by atoms with Crippen molar-refractivity contribution in [2.24, 2.45) is 0 Å². The van der Waals surface area contributed by atoms with Gasteiger partial charge in [0.1, 0.15) is 0 Å². The first-order chi connectivity index (χ1) is 5.93. The molecule has 0 aromatic heterocycles. The van der Waals surface area contributed by atoms with E-state index in [1.807, 2.05) is 0 Å². The highest BCUT2D eigenvalue weighted by atomic mass is 79.9. The van der Waals surface area contributed by atoms with Crippen molar-refractivity contribution < 1.29 is 22.5 Å². The summed E-state index contributed by atoms with van der Waals surface area (Å²) in [5.74, 6) is -0.913. The van der Waals surface area contributed by atoms with Gasteiger partial charge in [0.05, 0.1) is 6.61 Å². The third-order valence-electron chi connectivity index (χ3n) is 1.28. The summed E-state index contributed by atoms with van der Waals surface area (Å²) in [6.45, 7) is 1.65. The van der Waals surface area contributed by atoms with E-state index in [2.05, 4.69) is 20.7 Å². The van der Waals surface area contributed by atoms with E-state index in [0.717, 1.165) is 0 Å². The van der Waals surface area contributed by atoms with Gasteiger partial charge in [-0.2, -0.15) is 8.42 Å². The van der Waals surface area contributed by atoms with Crippen molar-refractivity contribution in [3.05, 3.63) is 0 Å². The molecule has 1 N–H and O–H groups in total. The normalized spacial score (nSPS) is 13.8. The minimum Gasteiger partial charge on any atom is -0.465 e. The molecule has 0 rings (SSSR count). The molecule has 0 aromatic rings. The van der Waals surface area contributed by atoms with E-state index in [4.69, 9.17) is 4.55 Å². The first kappa shape index (κ1) is 12.9. The zero-order chi connectivity index (χ0) is 10.5. The van der Waals surface area contributed by atoms with Gasteiger partial charge in [-0.15, -0.1) is 0 Å². The molecule has 7 heteroatoms. The Kier molecular flexibility index (Phi) is 5.50. The summed E-state index contributed by atoms with van der Waals surface area (Å²) in [6, 6.07) is 0. The molecule has 13 heavy (non-hydrogen) atoms. The van der Waals surface area contributed by atoms with Gasteiger partial charge in [-0.1, -0.05) is 15.9 Å². The second kappa shape index (κ2) is 5.56. The molecule has 0 saturated heterocycles. The summed E-state index contributed by atoms with van der Waals surface area (Å²) in [7, 11) is -4.35. The van der Waals surface area contributed by atoms with Crippen LogP contribution < -0.4 is 0 Å². The molecule has 0 radical (unpaired) electrons. The number of alkyl halides is 1. The van der Waals surface area contributed by atoms with Gasteiger partial charge in [0, 0.05) is 5.33 Å². The standard InChI is InChI=1S/C6H11BrO5S/c1-2-12-6(8)5(3-4-7)13(9,10)11/h5H,2-4H2,1H3,(H,9,10,11). The number of halogens is 1. The van der Waals surface area contributed by atoms with E-state index in [1.54, 1.807) is 6.92 Å². The number of hydrogen-bond donors (Lipinski definition) is 1. The van der Waals surface area contributed by atoms with Gasteiger partial charge >= 0.3 is 5.97 Å². The van der Waals surface area contributed by atoms with Crippen LogP contribution in [0.2, 0.25) is 0 Å². The average Bonchev–Trinajstić information content (AvgIpc) is 1.98. The molecule has 0 amide bonds. The molecule has 0 fully saturated rings. The molecule has 1 atom stereocenters. The Labute approximate surface area is 85.3 Å². The Morgan fingerprint density at radius 3 is 2.46 bits per heavy atom. The van der Waals surface area contributed by atoms with E-state index < -0.39 is 21.3 Å². The summed E-state index contributed by atoms with van der Waals surface area (Å²) >= 11 is 2.98. The lowest BCUT2D eigenvalue weighted by molar-refractivity contribution is -0.142. The fraction of sp³-hybridized carbons (Fsp3) is 0.833. The summed E-state index contributed by atoms with van der Waals surface area (Å²) < 4.78 is 34.5. The Balaban J connectivity index is 4.52. The molecule has 0 saturated carbocycles. The van der Waals surface area contributed by atoms with Crippen LogP contribution in [-0.4, -0.2) is 36.1 Å². The van der Waals surface area contributed by atoms with Crippen LogP contribution >= 0.6 is 15.9 Å². The maximum Gasteiger partial charge on any atom is 0.326 e. The Hall–Kier alpha value is -0.140. The highest BCUT2D eigenvalue weighted by Crippen LogP contribution is 2.08. The van der Waals surface area contributed by atoms with Gasteiger partial charge in [-0.25, -0.2) is 0 Å². The van der Waals surface area contributed by atoms with Gasteiger partial charge in [0.15, 0.2) is 5.25 Å². The van der Waals surface area contributed by atoms with E-state index in [-0.39, 0.29) is 13.0 Å². The summed E-state index contributed by atoms with van der Waals surface area (Å²) in [5, 5.41) is -1.18. The SMILES string of the molecule is CCOC(=O)C(CCBr)S(=O)(=O)O. The molecule has 0 aliphatic carbocycles. The topological polar surface area (TPSA) is 80.7 Å². The maximum atomic E-state index is 11.0. The minimum absolute atomic E-state index is 0.00231. The molecular weight excluding hydrogens is 264 g/mol. The van der Waals surface area contributed by atoms with Gasteiger partial charge in [-0.3, -0.25) is 9.35 Å². The predicted octanol–water partition coefficient (Wildman–Crippen LogP) is 0.591. The van der Waals surface area contributed by atoms with E-state index in [0.29, 0.717) is 5.33 Å². The molecule has 0 aromatic carbocycles. The monoisotopic (exact) mass is 274 g/mol. The molecule has 0 aliphatic heterocycles. The van der Waals surface area contributed by atoms with Crippen LogP contribution in [0.5, 0.6) is 0 Å². The molecule has 1 unspecified atom stereocenters. The third kappa shape index (κ3) is 4.58. The van der Waals surface area contributed by atoms with Crippen molar-refractivity contribution >= 4 is 32.0 Å². The lowest BCUT2D eigenvalue weighted by Gasteiger charge is -2.10. The lowest BCUT2D eigenvalue weighted by Crippen LogP contribution is -2.32.